The molecule has 4 nitrogen and oxygen atoms in total. The van der Waals surface area contributed by atoms with Gasteiger partial charge in [-0.05, 0) is 17.9 Å². The SMILES string of the molecule is CC(C)CN=C(NN)NCCc1ccccc1. The zero-order valence-electron chi connectivity index (χ0n) is 10.6. The summed E-state index contributed by atoms with van der Waals surface area (Å²) in [7, 11) is 0. The maximum atomic E-state index is 5.40. The molecular weight excluding hydrogens is 212 g/mol. The van der Waals surface area contributed by atoms with Crippen LogP contribution in [0.5, 0.6) is 0 Å². The second kappa shape index (κ2) is 7.68. The van der Waals surface area contributed by atoms with Crippen molar-refractivity contribution in [2.45, 2.75) is 20.3 Å². The minimum absolute atomic E-state index is 0.536. The minimum Gasteiger partial charge on any atom is -0.355 e. The molecule has 94 valence electrons. The molecule has 0 aromatic heterocycles. The first-order valence-corrected chi connectivity index (χ1v) is 6.01. The van der Waals surface area contributed by atoms with Gasteiger partial charge >= 0.3 is 0 Å². The van der Waals surface area contributed by atoms with Crippen LogP contribution in [0.1, 0.15) is 19.4 Å². The van der Waals surface area contributed by atoms with Gasteiger partial charge < -0.3 is 5.32 Å². The van der Waals surface area contributed by atoms with Crippen molar-refractivity contribution in [1.29, 1.82) is 0 Å². The fourth-order valence-corrected chi connectivity index (χ4v) is 1.40. The van der Waals surface area contributed by atoms with Gasteiger partial charge in [0.25, 0.3) is 0 Å². The topological polar surface area (TPSA) is 62.4 Å². The van der Waals surface area contributed by atoms with E-state index in [1.165, 1.54) is 5.56 Å². The van der Waals surface area contributed by atoms with E-state index in [0.717, 1.165) is 19.5 Å². The summed E-state index contributed by atoms with van der Waals surface area (Å²) in [6, 6.07) is 10.3. The van der Waals surface area contributed by atoms with Crippen LogP contribution in [-0.2, 0) is 6.42 Å². The number of hydrogen-bond acceptors (Lipinski definition) is 2. The zero-order chi connectivity index (χ0) is 12.5. The Kier molecular flexibility index (Phi) is 6.10. The molecule has 0 aliphatic heterocycles. The van der Waals surface area contributed by atoms with Gasteiger partial charge in [0.2, 0.25) is 5.96 Å². The predicted molar refractivity (Wildman–Crippen MR) is 72.6 cm³/mol. The maximum absolute atomic E-state index is 5.40. The fraction of sp³-hybridized carbons (Fsp3) is 0.462. The van der Waals surface area contributed by atoms with Crippen molar-refractivity contribution in [1.82, 2.24) is 10.7 Å². The first kappa shape index (κ1) is 13.5. The van der Waals surface area contributed by atoms with Crippen LogP contribution in [0.4, 0.5) is 0 Å². The molecule has 0 saturated heterocycles. The van der Waals surface area contributed by atoms with Crippen LogP contribution in [0.15, 0.2) is 35.3 Å². The number of rotatable bonds is 5. The van der Waals surface area contributed by atoms with Crippen LogP contribution in [-0.4, -0.2) is 19.0 Å². The molecule has 0 aliphatic rings. The van der Waals surface area contributed by atoms with Gasteiger partial charge in [-0.1, -0.05) is 44.2 Å². The Bertz CT molecular complexity index is 333. The van der Waals surface area contributed by atoms with Crippen molar-refractivity contribution >= 4 is 5.96 Å². The largest absolute Gasteiger partial charge is 0.355 e. The Hall–Kier alpha value is -1.55. The Morgan fingerprint density at radius 3 is 2.59 bits per heavy atom. The molecule has 1 aromatic rings. The Morgan fingerprint density at radius 2 is 2.00 bits per heavy atom. The highest BCUT2D eigenvalue weighted by atomic mass is 15.3. The molecule has 4 N–H and O–H groups in total. The highest BCUT2D eigenvalue weighted by molar-refractivity contribution is 5.79. The predicted octanol–water partition coefficient (Wildman–Crippen LogP) is 1.29. The van der Waals surface area contributed by atoms with E-state index in [0.29, 0.717) is 11.9 Å². The van der Waals surface area contributed by atoms with Gasteiger partial charge in [0.15, 0.2) is 0 Å². The smallest absolute Gasteiger partial charge is 0.205 e. The van der Waals surface area contributed by atoms with E-state index in [1.807, 2.05) is 18.2 Å². The van der Waals surface area contributed by atoms with Crippen LogP contribution >= 0.6 is 0 Å². The van der Waals surface area contributed by atoms with Gasteiger partial charge in [-0.3, -0.25) is 10.4 Å². The van der Waals surface area contributed by atoms with Gasteiger partial charge in [0, 0.05) is 13.1 Å². The van der Waals surface area contributed by atoms with Crippen LogP contribution < -0.4 is 16.6 Å². The lowest BCUT2D eigenvalue weighted by Gasteiger charge is -2.09. The van der Waals surface area contributed by atoms with E-state index in [2.05, 4.69) is 41.7 Å². The van der Waals surface area contributed by atoms with E-state index < -0.39 is 0 Å². The molecule has 17 heavy (non-hydrogen) atoms. The zero-order valence-corrected chi connectivity index (χ0v) is 10.6. The van der Waals surface area contributed by atoms with E-state index in [-0.39, 0.29) is 0 Å². The number of hydrazine groups is 1. The summed E-state index contributed by atoms with van der Waals surface area (Å²) in [5.74, 6) is 6.59. The number of benzene rings is 1. The molecule has 0 bridgehead atoms. The maximum Gasteiger partial charge on any atom is 0.205 e. The Balaban J connectivity index is 2.31. The van der Waals surface area contributed by atoms with Crippen LogP contribution in [0.25, 0.3) is 0 Å². The van der Waals surface area contributed by atoms with E-state index in [4.69, 9.17) is 5.84 Å². The number of nitrogens with two attached hydrogens (primary N) is 1. The second-order valence-electron chi connectivity index (χ2n) is 4.39. The molecule has 0 spiro atoms. The van der Waals surface area contributed by atoms with Gasteiger partial charge in [0.1, 0.15) is 0 Å². The summed E-state index contributed by atoms with van der Waals surface area (Å²) < 4.78 is 0. The number of aliphatic imine (C=N–C) groups is 1. The van der Waals surface area contributed by atoms with Crippen molar-refractivity contribution < 1.29 is 0 Å². The molecule has 1 aromatic carbocycles. The van der Waals surface area contributed by atoms with Crippen molar-refractivity contribution in [3.63, 3.8) is 0 Å². The monoisotopic (exact) mass is 234 g/mol. The lowest BCUT2D eigenvalue weighted by molar-refractivity contribution is 0.656. The summed E-state index contributed by atoms with van der Waals surface area (Å²) in [5, 5.41) is 3.19. The molecule has 1 rings (SSSR count). The third-order valence-corrected chi connectivity index (χ3v) is 2.30. The van der Waals surface area contributed by atoms with E-state index in [9.17, 15) is 0 Å². The molecule has 0 atom stereocenters. The molecule has 0 radical (unpaired) electrons. The van der Waals surface area contributed by atoms with Crippen molar-refractivity contribution in [2.24, 2.45) is 16.8 Å². The minimum atomic E-state index is 0.536. The summed E-state index contributed by atoms with van der Waals surface area (Å²) in [6.45, 7) is 5.85. The van der Waals surface area contributed by atoms with Crippen molar-refractivity contribution in [3.05, 3.63) is 35.9 Å². The van der Waals surface area contributed by atoms with Gasteiger partial charge in [0.05, 0.1) is 0 Å². The highest BCUT2D eigenvalue weighted by Crippen LogP contribution is 1.98. The highest BCUT2D eigenvalue weighted by Gasteiger charge is 1.97. The average Bonchev–Trinajstić information content (AvgIpc) is 2.34. The molecule has 0 saturated carbocycles. The first-order chi connectivity index (χ1) is 8.22. The van der Waals surface area contributed by atoms with Crippen LogP contribution in [0.3, 0.4) is 0 Å². The number of hydrogen-bond donors (Lipinski definition) is 3. The Morgan fingerprint density at radius 1 is 1.29 bits per heavy atom. The summed E-state index contributed by atoms with van der Waals surface area (Å²) in [4.78, 5) is 4.34. The molecule has 0 fully saturated rings. The molecule has 0 aliphatic carbocycles. The third-order valence-electron chi connectivity index (χ3n) is 2.30. The van der Waals surface area contributed by atoms with Gasteiger partial charge in [-0.25, -0.2) is 5.84 Å². The molecular formula is C13H22N4. The van der Waals surface area contributed by atoms with Crippen LogP contribution in [0, 0.1) is 5.92 Å². The summed E-state index contributed by atoms with van der Waals surface area (Å²) in [5.41, 5.74) is 3.89. The van der Waals surface area contributed by atoms with Crippen molar-refractivity contribution in [2.75, 3.05) is 13.1 Å². The second-order valence-corrected chi connectivity index (χ2v) is 4.39. The van der Waals surface area contributed by atoms with Crippen LogP contribution in [0.2, 0.25) is 0 Å². The van der Waals surface area contributed by atoms with E-state index >= 15 is 0 Å². The molecule has 4 heteroatoms. The lowest BCUT2D eigenvalue weighted by Crippen LogP contribution is -2.42. The standard InChI is InChI=1S/C13H22N4/c1-11(2)10-16-13(17-14)15-9-8-12-6-4-3-5-7-12/h3-7,11H,8-10,14H2,1-2H3,(H2,15,16,17). The lowest BCUT2D eigenvalue weighted by atomic mass is 10.1. The van der Waals surface area contributed by atoms with Crippen molar-refractivity contribution in [3.8, 4) is 0 Å². The summed E-state index contributed by atoms with van der Waals surface area (Å²) >= 11 is 0. The number of guanidine groups is 1. The van der Waals surface area contributed by atoms with Gasteiger partial charge in [-0.2, -0.15) is 0 Å². The Labute approximate surface area is 103 Å². The first-order valence-electron chi connectivity index (χ1n) is 6.01. The quantitative estimate of drug-likeness (QED) is 0.311. The number of nitrogens with zero attached hydrogens (tertiary/aromatic N) is 1. The molecule has 0 amide bonds. The van der Waals surface area contributed by atoms with Gasteiger partial charge in [-0.15, -0.1) is 0 Å². The number of nitrogens with one attached hydrogen (secondary N) is 2. The van der Waals surface area contributed by atoms with E-state index in [1.54, 1.807) is 0 Å². The average molecular weight is 234 g/mol. The molecule has 0 heterocycles. The normalized spacial score (nSPS) is 11.6. The molecule has 0 unspecified atom stereocenters. The summed E-state index contributed by atoms with van der Waals surface area (Å²) in [6.07, 6.45) is 0.962. The fourth-order valence-electron chi connectivity index (χ4n) is 1.40. The third kappa shape index (κ3) is 5.92.